The molecule has 3 nitrogen and oxygen atoms in total. The van der Waals surface area contributed by atoms with E-state index >= 15 is 0 Å². The molecule has 80 valence electrons. The quantitative estimate of drug-likeness (QED) is 0.571. The van der Waals surface area contributed by atoms with Crippen LogP contribution >= 0.6 is 0 Å². The number of rotatable bonds is 3. The van der Waals surface area contributed by atoms with Crippen molar-refractivity contribution in [1.82, 2.24) is 4.98 Å². The highest BCUT2D eigenvalue weighted by Gasteiger charge is 2.07. The molecule has 1 heterocycles. The lowest BCUT2D eigenvalue weighted by molar-refractivity contribution is 0.111. The highest BCUT2D eigenvalue weighted by molar-refractivity contribution is 5.83. The lowest BCUT2D eigenvalue weighted by atomic mass is 10.0. The summed E-state index contributed by atoms with van der Waals surface area (Å²) in [5.41, 5.74) is 2.74. The average molecular weight is 212 g/mol. The number of aromatic nitrogens is 1. The monoisotopic (exact) mass is 212 g/mol. The van der Waals surface area contributed by atoms with E-state index < -0.39 is 0 Å². The van der Waals surface area contributed by atoms with Gasteiger partial charge in [0, 0.05) is 0 Å². The zero-order valence-corrected chi connectivity index (χ0v) is 8.89. The van der Waals surface area contributed by atoms with Gasteiger partial charge in [-0.2, -0.15) is 0 Å². The lowest BCUT2D eigenvalue weighted by Gasteiger charge is -2.07. The molecule has 0 aliphatic heterocycles. The Balaban J connectivity index is 2.43. The highest BCUT2D eigenvalue weighted by Crippen LogP contribution is 2.23. The Morgan fingerprint density at radius 1 is 1.38 bits per heavy atom. The number of carbonyl (C=O) groups is 1. The zero-order chi connectivity index (χ0) is 11.4. The number of aliphatic imine (C=N–C) groups is 1. The number of hydrogen-bond donors (Lipinski definition) is 0. The van der Waals surface area contributed by atoms with Crippen molar-refractivity contribution in [3.05, 3.63) is 41.7 Å². The van der Waals surface area contributed by atoms with Gasteiger partial charge in [0.15, 0.2) is 6.29 Å². The van der Waals surface area contributed by atoms with E-state index in [2.05, 4.69) is 28.8 Å². The van der Waals surface area contributed by atoms with Crippen molar-refractivity contribution >= 4 is 24.3 Å². The molecule has 0 N–H and O–H groups in total. The third-order valence-corrected chi connectivity index (χ3v) is 2.48. The van der Waals surface area contributed by atoms with Crippen molar-refractivity contribution in [2.24, 2.45) is 4.99 Å². The van der Waals surface area contributed by atoms with Gasteiger partial charge in [-0.05, 0) is 37.3 Å². The minimum absolute atomic E-state index is 0.340. The van der Waals surface area contributed by atoms with Gasteiger partial charge in [0.25, 0.3) is 0 Å². The summed E-state index contributed by atoms with van der Waals surface area (Å²) in [7, 11) is 0. The number of carbonyl (C=O) groups excluding carboxylic acids is 1. The number of aldehydes is 1. The third kappa shape index (κ3) is 1.98. The second-order valence-electron chi connectivity index (χ2n) is 3.52. The largest absolute Gasteiger partial charge is 0.296 e. The molecular formula is C13H12N2O. The molecule has 3 heteroatoms. The van der Waals surface area contributed by atoms with E-state index in [-0.39, 0.29) is 0 Å². The van der Waals surface area contributed by atoms with Crippen LogP contribution in [0.1, 0.15) is 29.0 Å². The lowest BCUT2D eigenvalue weighted by Crippen LogP contribution is -1.95. The van der Waals surface area contributed by atoms with Gasteiger partial charge in [-0.3, -0.25) is 9.79 Å². The molecule has 1 aromatic heterocycles. The first-order valence-electron chi connectivity index (χ1n) is 5.15. The fraction of sp³-hybridized carbons (Fsp3) is 0.154. The molecule has 2 rings (SSSR count). The first kappa shape index (κ1) is 10.5. The van der Waals surface area contributed by atoms with Gasteiger partial charge in [-0.1, -0.05) is 18.2 Å². The summed E-state index contributed by atoms with van der Waals surface area (Å²) in [4.78, 5) is 18.8. The van der Waals surface area contributed by atoms with Gasteiger partial charge in [-0.15, -0.1) is 0 Å². The molecule has 0 atom stereocenters. The summed E-state index contributed by atoms with van der Waals surface area (Å²) in [6.07, 6.45) is 9.05. The van der Waals surface area contributed by atoms with Crippen LogP contribution in [0.25, 0.3) is 5.57 Å². The van der Waals surface area contributed by atoms with E-state index in [1.54, 1.807) is 6.07 Å². The van der Waals surface area contributed by atoms with Crippen LogP contribution in [0.2, 0.25) is 0 Å². The van der Waals surface area contributed by atoms with Crippen molar-refractivity contribution in [3.8, 4) is 0 Å². The topological polar surface area (TPSA) is 42.3 Å². The maximum absolute atomic E-state index is 10.8. The molecule has 0 saturated carbocycles. The highest BCUT2D eigenvalue weighted by atomic mass is 16.1. The standard InChI is InChI=1S/C13H12N2O/c1-14-12-8-7-11(15-13(12)9-16)10-5-3-2-4-6-10/h3,5-9H,1-2,4H2. The second-order valence-corrected chi connectivity index (χ2v) is 3.52. The second kappa shape index (κ2) is 4.66. The van der Waals surface area contributed by atoms with E-state index in [1.165, 1.54) is 0 Å². The van der Waals surface area contributed by atoms with Crippen LogP contribution in [0, 0.1) is 0 Å². The summed E-state index contributed by atoms with van der Waals surface area (Å²) in [5.74, 6) is 0. The average Bonchev–Trinajstić information content (AvgIpc) is 2.39. The summed E-state index contributed by atoms with van der Waals surface area (Å²) in [6.45, 7) is 3.40. The molecule has 0 unspecified atom stereocenters. The van der Waals surface area contributed by atoms with Gasteiger partial charge in [0.1, 0.15) is 5.69 Å². The molecule has 1 aliphatic carbocycles. The Bertz CT molecular complexity index is 487. The van der Waals surface area contributed by atoms with Gasteiger partial charge in [0.2, 0.25) is 0 Å². The number of hydrogen-bond acceptors (Lipinski definition) is 3. The molecule has 0 radical (unpaired) electrons. The Morgan fingerprint density at radius 3 is 2.88 bits per heavy atom. The van der Waals surface area contributed by atoms with Crippen molar-refractivity contribution in [2.45, 2.75) is 12.8 Å². The molecule has 16 heavy (non-hydrogen) atoms. The number of allylic oxidation sites excluding steroid dienone is 4. The van der Waals surface area contributed by atoms with Crippen molar-refractivity contribution in [3.63, 3.8) is 0 Å². The molecular weight excluding hydrogens is 200 g/mol. The maximum Gasteiger partial charge on any atom is 0.170 e. The fourth-order valence-electron chi connectivity index (χ4n) is 1.65. The normalized spacial score (nSPS) is 14.4. The molecule has 1 aromatic rings. The third-order valence-electron chi connectivity index (χ3n) is 2.48. The van der Waals surface area contributed by atoms with Crippen LogP contribution in [0.5, 0.6) is 0 Å². The zero-order valence-electron chi connectivity index (χ0n) is 8.89. The summed E-state index contributed by atoms with van der Waals surface area (Å²) >= 11 is 0. The first-order chi connectivity index (χ1) is 7.85. The van der Waals surface area contributed by atoms with E-state index in [0.717, 1.165) is 24.1 Å². The van der Waals surface area contributed by atoms with Crippen LogP contribution in [0.3, 0.4) is 0 Å². The smallest absolute Gasteiger partial charge is 0.170 e. The predicted molar refractivity (Wildman–Crippen MR) is 65.2 cm³/mol. The fourth-order valence-corrected chi connectivity index (χ4v) is 1.65. The number of pyridine rings is 1. The minimum Gasteiger partial charge on any atom is -0.296 e. The van der Waals surface area contributed by atoms with E-state index in [0.29, 0.717) is 17.7 Å². The summed E-state index contributed by atoms with van der Waals surface area (Å²) in [6, 6.07) is 3.63. The summed E-state index contributed by atoms with van der Waals surface area (Å²) < 4.78 is 0. The summed E-state index contributed by atoms with van der Waals surface area (Å²) in [5, 5.41) is 0. The van der Waals surface area contributed by atoms with Crippen molar-refractivity contribution < 1.29 is 4.79 Å². The molecule has 0 amide bonds. The van der Waals surface area contributed by atoms with Crippen LogP contribution in [0.4, 0.5) is 5.69 Å². The Kier molecular flexibility index (Phi) is 3.05. The van der Waals surface area contributed by atoms with Gasteiger partial charge in [0.05, 0.1) is 11.4 Å². The SMILES string of the molecule is C=Nc1ccc(C2=CCCC=C2)nc1C=O. The van der Waals surface area contributed by atoms with Crippen LogP contribution in [0.15, 0.2) is 35.4 Å². The van der Waals surface area contributed by atoms with Crippen molar-refractivity contribution in [2.75, 3.05) is 0 Å². The van der Waals surface area contributed by atoms with Crippen LogP contribution in [-0.2, 0) is 0 Å². The number of nitrogens with zero attached hydrogens (tertiary/aromatic N) is 2. The van der Waals surface area contributed by atoms with Gasteiger partial charge < -0.3 is 0 Å². The van der Waals surface area contributed by atoms with Crippen molar-refractivity contribution in [1.29, 1.82) is 0 Å². The molecule has 0 spiro atoms. The van der Waals surface area contributed by atoms with E-state index in [9.17, 15) is 4.79 Å². The van der Waals surface area contributed by atoms with Gasteiger partial charge in [-0.25, -0.2) is 4.98 Å². The Hall–Kier alpha value is -2.03. The molecule has 0 aromatic carbocycles. The van der Waals surface area contributed by atoms with E-state index in [1.807, 2.05) is 12.1 Å². The molecule has 1 aliphatic rings. The molecule has 0 bridgehead atoms. The van der Waals surface area contributed by atoms with Crippen LogP contribution in [-0.4, -0.2) is 18.0 Å². The Labute approximate surface area is 94.2 Å². The van der Waals surface area contributed by atoms with E-state index in [4.69, 9.17) is 0 Å². The van der Waals surface area contributed by atoms with Gasteiger partial charge >= 0.3 is 0 Å². The first-order valence-corrected chi connectivity index (χ1v) is 5.15. The maximum atomic E-state index is 10.8. The van der Waals surface area contributed by atoms with Crippen LogP contribution < -0.4 is 0 Å². The minimum atomic E-state index is 0.340. The predicted octanol–water partition coefficient (Wildman–Crippen LogP) is 2.96. The molecule has 0 fully saturated rings. The Morgan fingerprint density at radius 2 is 2.25 bits per heavy atom. The molecule has 0 saturated heterocycles.